The predicted octanol–water partition coefficient (Wildman–Crippen LogP) is 4.68. The van der Waals surface area contributed by atoms with Crippen molar-refractivity contribution in [2.75, 3.05) is 0 Å². The molecule has 110 valence electrons. The third-order valence-electron chi connectivity index (χ3n) is 3.36. The smallest absolute Gasteiger partial charge is 0.251 e. The summed E-state index contributed by atoms with van der Waals surface area (Å²) in [7, 11) is 0. The Kier molecular flexibility index (Phi) is 4.84. The molecule has 0 aliphatic rings. The van der Waals surface area contributed by atoms with E-state index in [1.807, 2.05) is 48.5 Å². The minimum atomic E-state index is -0.0459. The maximum absolute atomic E-state index is 12.1. The standard InChI is InChI=1S/C18H20BrNO/c1-18(2,3)15-9-7-14(8-10-15)17(21)20-12-13-5-4-6-16(19)11-13/h4-11H,12H2,1-3H3,(H,20,21). The van der Waals surface area contributed by atoms with Crippen LogP contribution in [-0.2, 0) is 12.0 Å². The monoisotopic (exact) mass is 345 g/mol. The fraction of sp³-hybridized carbons (Fsp3) is 0.278. The minimum Gasteiger partial charge on any atom is -0.348 e. The largest absolute Gasteiger partial charge is 0.348 e. The summed E-state index contributed by atoms with van der Waals surface area (Å²) >= 11 is 3.43. The van der Waals surface area contributed by atoms with Gasteiger partial charge in [0.2, 0.25) is 0 Å². The summed E-state index contributed by atoms with van der Waals surface area (Å²) in [6.07, 6.45) is 0. The molecule has 0 aliphatic heterocycles. The molecule has 2 rings (SSSR count). The van der Waals surface area contributed by atoms with Gasteiger partial charge in [0.05, 0.1) is 0 Å². The van der Waals surface area contributed by atoms with Gasteiger partial charge in [0, 0.05) is 16.6 Å². The summed E-state index contributed by atoms with van der Waals surface area (Å²) in [5, 5.41) is 2.94. The lowest BCUT2D eigenvalue weighted by Crippen LogP contribution is -2.23. The van der Waals surface area contributed by atoms with Gasteiger partial charge in [-0.25, -0.2) is 0 Å². The zero-order valence-corrected chi connectivity index (χ0v) is 14.2. The van der Waals surface area contributed by atoms with Crippen molar-refractivity contribution in [3.8, 4) is 0 Å². The lowest BCUT2D eigenvalue weighted by molar-refractivity contribution is 0.0951. The van der Waals surface area contributed by atoms with E-state index in [0.29, 0.717) is 12.1 Å². The molecule has 0 saturated heterocycles. The van der Waals surface area contributed by atoms with E-state index in [0.717, 1.165) is 10.0 Å². The summed E-state index contributed by atoms with van der Waals surface area (Å²) in [6.45, 7) is 7.01. The first-order valence-corrected chi connectivity index (χ1v) is 7.79. The van der Waals surface area contributed by atoms with Crippen molar-refractivity contribution in [2.45, 2.75) is 32.7 Å². The highest BCUT2D eigenvalue weighted by Gasteiger charge is 2.14. The van der Waals surface area contributed by atoms with Gasteiger partial charge in [0.25, 0.3) is 5.91 Å². The van der Waals surface area contributed by atoms with Crippen LogP contribution < -0.4 is 5.32 Å². The van der Waals surface area contributed by atoms with Gasteiger partial charge in [0.1, 0.15) is 0 Å². The minimum absolute atomic E-state index is 0.0459. The molecule has 0 bridgehead atoms. The molecule has 1 N–H and O–H groups in total. The number of carbonyl (C=O) groups excluding carboxylic acids is 1. The van der Waals surface area contributed by atoms with Crippen LogP contribution in [0.15, 0.2) is 53.0 Å². The molecule has 0 aromatic heterocycles. The van der Waals surface area contributed by atoms with E-state index in [1.165, 1.54) is 5.56 Å². The zero-order chi connectivity index (χ0) is 15.5. The molecule has 0 radical (unpaired) electrons. The second-order valence-electron chi connectivity index (χ2n) is 6.14. The molecule has 2 nitrogen and oxygen atoms in total. The Hall–Kier alpha value is -1.61. The molecular weight excluding hydrogens is 326 g/mol. The van der Waals surface area contributed by atoms with Crippen molar-refractivity contribution < 1.29 is 4.79 Å². The van der Waals surface area contributed by atoms with E-state index in [-0.39, 0.29) is 11.3 Å². The summed E-state index contributed by atoms with van der Waals surface area (Å²) < 4.78 is 1.02. The predicted molar refractivity (Wildman–Crippen MR) is 90.5 cm³/mol. The second-order valence-corrected chi connectivity index (χ2v) is 7.06. The van der Waals surface area contributed by atoms with Crippen LogP contribution in [-0.4, -0.2) is 5.91 Å². The van der Waals surface area contributed by atoms with E-state index in [4.69, 9.17) is 0 Å². The van der Waals surface area contributed by atoms with Gasteiger partial charge in [-0.15, -0.1) is 0 Å². The lowest BCUT2D eigenvalue weighted by atomic mass is 9.87. The summed E-state index contributed by atoms with van der Waals surface area (Å²) in [4.78, 5) is 12.1. The van der Waals surface area contributed by atoms with Crippen molar-refractivity contribution >= 4 is 21.8 Å². The van der Waals surface area contributed by atoms with Crippen LogP contribution in [0.5, 0.6) is 0 Å². The van der Waals surface area contributed by atoms with Crippen molar-refractivity contribution in [3.05, 3.63) is 69.7 Å². The highest BCUT2D eigenvalue weighted by atomic mass is 79.9. The molecule has 1 amide bonds. The highest BCUT2D eigenvalue weighted by Crippen LogP contribution is 2.22. The van der Waals surface area contributed by atoms with E-state index in [9.17, 15) is 4.79 Å². The van der Waals surface area contributed by atoms with Gasteiger partial charge in [-0.2, -0.15) is 0 Å². The average molecular weight is 346 g/mol. The Labute approximate surface area is 134 Å². The number of nitrogens with one attached hydrogen (secondary N) is 1. The molecule has 2 aromatic carbocycles. The van der Waals surface area contributed by atoms with Crippen LogP contribution >= 0.6 is 15.9 Å². The van der Waals surface area contributed by atoms with Crippen LogP contribution in [0.2, 0.25) is 0 Å². The van der Waals surface area contributed by atoms with E-state index in [1.54, 1.807) is 0 Å². The Morgan fingerprint density at radius 3 is 2.33 bits per heavy atom. The molecule has 0 spiro atoms. The molecule has 0 saturated carbocycles. The van der Waals surface area contributed by atoms with Crippen molar-refractivity contribution in [3.63, 3.8) is 0 Å². The quantitative estimate of drug-likeness (QED) is 0.859. The first-order valence-electron chi connectivity index (χ1n) is 6.99. The maximum Gasteiger partial charge on any atom is 0.251 e. The molecule has 0 atom stereocenters. The third-order valence-corrected chi connectivity index (χ3v) is 3.85. The van der Waals surface area contributed by atoms with E-state index in [2.05, 4.69) is 42.0 Å². The van der Waals surface area contributed by atoms with Crippen molar-refractivity contribution in [1.82, 2.24) is 5.32 Å². The van der Waals surface area contributed by atoms with Crippen LogP contribution in [0.4, 0.5) is 0 Å². The first kappa shape index (κ1) is 15.8. The van der Waals surface area contributed by atoms with E-state index >= 15 is 0 Å². The van der Waals surface area contributed by atoms with Crippen LogP contribution in [0.25, 0.3) is 0 Å². The Morgan fingerprint density at radius 2 is 1.76 bits per heavy atom. The third kappa shape index (κ3) is 4.43. The molecule has 21 heavy (non-hydrogen) atoms. The Bertz CT molecular complexity index is 626. The number of hydrogen-bond donors (Lipinski definition) is 1. The highest BCUT2D eigenvalue weighted by molar-refractivity contribution is 9.10. The van der Waals surface area contributed by atoms with Gasteiger partial charge in [-0.05, 0) is 40.8 Å². The summed E-state index contributed by atoms with van der Waals surface area (Å²) in [5.74, 6) is -0.0459. The van der Waals surface area contributed by atoms with Crippen molar-refractivity contribution in [1.29, 1.82) is 0 Å². The SMILES string of the molecule is CC(C)(C)c1ccc(C(=O)NCc2cccc(Br)c2)cc1. The number of amides is 1. The van der Waals surface area contributed by atoms with Gasteiger partial charge in [-0.3, -0.25) is 4.79 Å². The van der Waals surface area contributed by atoms with Gasteiger partial charge < -0.3 is 5.32 Å². The molecule has 3 heteroatoms. The van der Waals surface area contributed by atoms with Gasteiger partial charge in [-0.1, -0.05) is 61.0 Å². The van der Waals surface area contributed by atoms with Crippen LogP contribution in [0.1, 0.15) is 42.3 Å². The average Bonchev–Trinajstić information content (AvgIpc) is 2.44. The number of halogens is 1. The zero-order valence-electron chi connectivity index (χ0n) is 12.6. The molecule has 0 unspecified atom stereocenters. The van der Waals surface area contributed by atoms with E-state index < -0.39 is 0 Å². The second kappa shape index (κ2) is 6.44. The molecule has 0 heterocycles. The molecule has 2 aromatic rings. The van der Waals surface area contributed by atoms with Crippen LogP contribution in [0.3, 0.4) is 0 Å². The molecule has 0 fully saturated rings. The van der Waals surface area contributed by atoms with Crippen molar-refractivity contribution in [2.24, 2.45) is 0 Å². The molecular formula is C18H20BrNO. The summed E-state index contributed by atoms with van der Waals surface area (Å²) in [5.41, 5.74) is 3.10. The van der Waals surface area contributed by atoms with Gasteiger partial charge >= 0.3 is 0 Å². The topological polar surface area (TPSA) is 29.1 Å². The lowest BCUT2D eigenvalue weighted by Gasteiger charge is -2.19. The fourth-order valence-corrected chi connectivity index (χ4v) is 2.50. The first-order chi connectivity index (χ1) is 9.86. The molecule has 0 aliphatic carbocycles. The van der Waals surface area contributed by atoms with Gasteiger partial charge in [0.15, 0.2) is 0 Å². The number of benzene rings is 2. The maximum atomic E-state index is 12.1. The Morgan fingerprint density at radius 1 is 1.10 bits per heavy atom. The fourth-order valence-electron chi connectivity index (χ4n) is 2.05. The number of carbonyl (C=O) groups is 1. The normalized spacial score (nSPS) is 11.2. The van der Waals surface area contributed by atoms with Crippen LogP contribution in [0, 0.1) is 0 Å². The summed E-state index contributed by atoms with van der Waals surface area (Å²) in [6, 6.07) is 15.7. The Balaban J connectivity index is 2.00. The number of hydrogen-bond acceptors (Lipinski definition) is 1. The number of rotatable bonds is 3.